The number of primary amides is 3. The second kappa shape index (κ2) is 18.6. The minimum absolute atomic E-state index is 0.122. The summed E-state index contributed by atoms with van der Waals surface area (Å²) >= 11 is 2.18. The fourth-order valence-corrected chi connectivity index (χ4v) is 11.2. The molecule has 4 aliphatic rings. The Morgan fingerprint density at radius 2 is 0.969 bits per heavy atom. The van der Waals surface area contributed by atoms with E-state index in [0.29, 0.717) is 50.0 Å². The molecule has 0 unspecified atom stereocenters. The van der Waals surface area contributed by atoms with Gasteiger partial charge in [0.15, 0.2) is 5.78 Å². The highest BCUT2D eigenvalue weighted by Crippen LogP contribution is 2.61. The molecule has 8 N–H and O–H groups in total. The number of anilines is 1. The van der Waals surface area contributed by atoms with Crippen molar-refractivity contribution in [1.82, 2.24) is 13.7 Å². The van der Waals surface area contributed by atoms with Gasteiger partial charge in [0.05, 0.1) is 0 Å². The van der Waals surface area contributed by atoms with E-state index in [0.717, 1.165) is 33.1 Å². The van der Waals surface area contributed by atoms with Crippen LogP contribution in [0.4, 0.5) is 5.69 Å². The van der Waals surface area contributed by atoms with E-state index in [1.807, 2.05) is 24.3 Å². The molecule has 3 aromatic heterocycles. The number of halogens is 1. The van der Waals surface area contributed by atoms with Crippen molar-refractivity contribution in [2.75, 3.05) is 5.73 Å². The third-order valence-corrected chi connectivity index (χ3v) is 14.7. The van der Waals surface area contributed by atoms with Crippen LogP contribution in [0, 0.1) is 26.7 Å². The SMILES string of the molecule is C[C@H](C(N)=O)n1ccc2c(C(=O)CCC34CC5CC(CC(C5)C3)C4)cccc2c1=O.C[C@H](C(N)=O)n1ccc2c(I)cccc2c1=O.C[C@H](C(N)=O)n1ccc2c(N)cccc2c1=O. The minimum Gasteiger partial charge on any atom is -0.398 e. The Hall–Kier alpha value is -6.10. The Balaban J connectivity index is 0.000000155. The number of benzene rings is 3. The van der Waals surface area contributed by atoms with Crippen LogP contribution in [0.2, 0.25) is 0 Å². The number of amides is 3. The number of rotatable bonds is 10. The number of nitrogens with zero attached hydrogens (tertiary/aromatic N) is 3. The predicted molar refractivity (Wildman–Crippen MR) is 258 cm³/mol. The summed E-state index contributed by atoms with van der Waals surface area (Å²) in [6, 6.07) is 19.2. The maximum atomic E-state index is 13.2. The molecule has 0 radical (unpaired) electrons. The number of carbonyl (C=O) groups excluding carboxylic acids is 4. The number of pyridine rings is 3. The topological polar surface area (TPSA) is 238 Å². The smallest absolute Gasteiger partial charge is 0.259 e. The number of hydrogen-bond donors (Lipinski definition) is 4. The number of nitrogen functional groups attached to an aromatic ring is 1. The van der Waals surface area contributed by atoms with Gasteiger partial charge in [0.2, 0.25) is 17.7 Å². The van der Waals surface area contributed by atoms with Gasteiger partial charge in [-0.1, -0.05) is 24.3 Å². The standard InChI is InChI=1S/C25H30N2O3.C12H11IN2O2.C12H13N3O2/c1-15(23(26)29)27-8-6-19-20(3-2-4-21(19)24(27)30)22(28)5-7-25-12-16-9-17(13-25)11-18(10-16)14-25;2*1-7(11(14)16)15-6-5-8-9(12(15)17)3-2-4-10(8)13/h2-4,6,8,15-18H,5,7,9-14H2,1H3,(H2,26,29);2-7H,1H3,(H2,14,16);2-7H,13H2,1H3,(H2,14,16)/t15-,16?,17?,18?,25?;2*7-/m111/s1. The predicted octanol–water partition coefficient (Wildman–Crippen LogP) is 6.51. The van der Waals surface area contributed by atoms with E-state index in [-0.39, 0.29) is 22.5 Å². The van der Waals surface area contributed by atoms with E-state index < -0.39 is 35.8 Å². The summed E-state index contributed by atoms with van der Waals surface area (Å²) < 4.78 is 5.02. The molecule has 10 rings (SSSR count). The van der Waals surface area contributed by atoms with Gasteiger partial charge in [-0.3, -0.25) is 33.6 Å². The summed E-state index contributed by atoms with van der Waals surface area (Å²) in [6.45, 7) is 4.81. The molecule has 4 saturated carbocycles. The van der Waals surface area contributed by atoms with Gasteiger partial charge in [-0.05, 0) is 165 Å². The molecule has 6 aromatic rings. The second-order valence-corrected chi connectivity index (χ2v) is 19.1. The van der Waals surface area contributed by atoms with Crippen LogP contribution >= 0.6 is 22.6 Å². The maximum absolute atomic E-state index is 13.2. The van der Waals surface area contributed by atoms with Crippen LogP contribution in [0.1, 0.15) is 101 Å². The second-order valence-electron chi connectivity index (χ2n) is 17.9. The van der Waals surface area contributed by atoms with Crippen molar-refractivity contribution < 1.29 is 19.2 Å². The normalized spacial score (nSPS) is 21.0. The van der Waals surface area contributed by atoms with Crippen LogP contribution in [0.5, 0.6) is 0 Å². The number of nitrogens with two attached hydrogens (primary N) is 4. The Kier molecular flexibility index (Phi) is 13.3. The lowest BCUT2D eigenvalue weighted by atomic mass is 9.48. The lowest BCUT2D eigenvalue weighted by molar-refractivity contribution is -0.121. The number of Topliss-reactive ketones (excluding diaryl/α,β-unsaturated/α-hetero) is 1. The third-order valence-electron chi connectivity index (χ3n) is 13.7. The molecule has 3 amide bonds. The van der Waals surface area contributed by atoms with Crippen molar-refractivity contribution in [3.8, 4) is 0 Å². The molecule has 15 heteroatoms. The highest BCUT2D eigenvalue weighted by atomic mass is 127. The number of carbonyl (C=O) groups is 4. The van der Waals surface area contributed by atoms with E-state index in [2.05, 4.69) is 22.6 Å². The lowest BCUT2D eigenvalue weighted by Gasteiger charge is -2.57. The van der Waals surface area contributed by atoms with Gasteiger partial charge < -0.3 is 36.6 Å². The van der Waals surface area contributed by atoms with Crippen LogP contribution in [0.25, 0.3) is 32.3 Å². The molecule has 0 spiro atoms. The molecule has 4 aliphatic carbocycles. The molecule has 0 aliphatic heterocycles. The molecule has 4 fully saturated rings. The van der Waals surface area contributed by atoms with Gasteiger partial charge in [0.25, 0.3) is 16.7 Å². The molecule has 14 nitrogen and oxygen atoms in total. The van der Waals surface area contributed by atoms with Gasteiger partial charge in [-0.2, -0.15) is 0 Å². The summed E-state index contributed by atoms with van der Waals surface area (Å²) in [5, 5.41) is 3.81. The first-order valence-corrected chi connectivity index (χ1v) is 22.7. The minimum atomic E-state index is -0.725. The molecule has 0 saturated heterocycles. The average Bonchev–Trinajstić information content (AvgIpc) is 3.25. The third kappa shape index (κ3) is 9.12. The van der Waals surface area contributed by atoms with Crippen molar-refractivity contribution in [1.29, 1.82) is 0 Å². The Labute approximate surface area is 383 Å². The fraction of sp³-hybridized carbons (Fsp3) is 0.367. The van der Waals surface area contributed by atoms with Crippen molar-refractivity contribution in [3.63, 3.8) is 0 Å². The van der Waals surface area contributed by atoms with Gasteiger partial charge in [-0.25, -0.2) is 0 Å². The van der Waals surface area contributed by atoms with E-state index in [9.17, 15) is 33.6 Å². The van der Waals surface area contributed by atoms with Gasteiger partial charge in [0.1, 0.15) is 18.1 Å². The molecule has 4 bridgehead atoms. The Morgan fingerprint density at radius 1 is 0.578 bits per heavy atom. The molecular formula is C49H54IN7O7. The number of hydrogen-bond acceptors (Lipinski definition) is 8. The summed E-state index contributed by atoms with van der Waals surface area (Å²) in [7, 11) is 0. The Morgan fingerprint density at radius 3 is 1.44 bits per heavy atom. The number of fused-ring (bicyclic) bond motifs is 3. The first kappa shape index (κ1) is 45.9. The van der Waals surface area contributed by atoms with Crippen LogP contribution in [-0.2, 0) is 14.4 Å². The first-order valence-electron chi connectivity index (χ1n) is 21.6. The van der Waals surface area contributed by atoms with Gasteiger partial charge in [-0.15, -0.1) is 0 Å². The molecule has 3 heterocycles. The largest absolute Gasteiger partial charge is 0.398 e. The van der Waals surface area contributed by atoms with Crippen LogP contribution < -0.4 is 39.6 Å². The first-order chi connectivity index (χ1) is 30.4. The highest BCUT2D eigenvalue weighted by Gasteiger charge is 2.50. The van der Waals surface area contributed by atoms with E-state index in [1.54, 1.807) is 81.7 Å². The van der Waals surface area contributed by atoms with Gasteiger partial charge >= 0.3 is 0 Å². The van der Waals surface area contributed by atoms with Crippen molar-refractivity contribution in [2.24, 2.45) is 40.4 Å². The van der Waals surface area contributed by atoms with E-state index >= 15 is 0 Å². The zero-order valence-electron chi connectivity index (χ0n) is 36.2. The van der Waals surface area contributed by atoms with Crippen molar-refractivity contribution >= 4 is 84.1 Å². The quantitative estimate of drug-likeness (QED) is 0.0669. The summed E-state index contributed by atoms with van der Waals surface area (Å²) in [5.41, 5.74) is 22.3. The summed E-state index contributed by atoms with van der Waals surface area (Å²) in [4.78, 5) is 84.1. The van der Waals surface area contributed by atoms with Crippen molar-refractivity contribution in [3.05, 3.63) is 132 Å². The molecule has 3 aromatic carbocycles. The monoisotopic (exact) mass is 979 g/mol. The van der Waals surface area contributed by atoms with E-state index in [4.69, 9.17) is 22.9 Å². The van der Waals surface area contributed by atoms with Crippen LogP contribution in [-0.4, -0.2) is 37.2 Å². The fourth-order valence-electron chi connectivity index (χ4n) is 10.5. The zero-order valence-corrected chi connectivity index (χ0v) is 38.3. The molecule has 3 atom stereocenters. The van der Waals surface area contributed by atoms with E-state index in [1.165, 1.54) is 58.4 Å². The summed E-state index contributed by atoms with van der Waals surface area (Å²) in [5.74, 6) is 1.15. The highest BCUT2D eigenvalue weighted by molar-refractivity contribution is 14.1. The molecule has 64 heavy (non-hydrogen) atoms. The van der Waals surface area contributed by atoms with Crippen LogP contribution in [0.3, 0.4) is 0 Å². The molecular weight excluding hydrogens is 925 g/mol. The molecule has 334 valence electrons. The number of aromatic nitrogens is 3. The maximum Gasteiger partial charge on any atom is 0.259 e. The van der Waals surface area contributed by atoms with Crippen molar-refractivity contribution in [2.45, 2.75) is 90.3 Å². The summed E-state index contributed by atoms with van der Waals surface area (Å²) in [6.07, 6.45) is 14.4. The van der Waals surface area contributed by atoms with Gasteiger partial charge in [0, 0.05) is 66.8 Å². The number of ketones is 1. The Bertz CT molecular complexity index is 2860. The lowest BCUT2D eigenvalue weighted by Crippen LogP contribution is -2.46. The zero-order chi connectivity index (χ0) is 46.2. The van der Waals surface area contributed by atoms with Crippen LogP contribution in [0.15, 0.2) is 106 Å². The average molecular weight is 980 g/mol.